The van der Waals surface area contributed by atoms with Gasteiger partial charge in [-0.1, -0.05) is 18.2 Å². The average molecular weight is 380 g/mol. The Morgan fingerprint density at radius 1 is 1.00 bits per heavy atom. The summed E-state index contributed by atoms with van der Waals surface area (Å²) in [5, 5.41) is 9.34. The Balaban J connectivity index is 2.11. The summed E-state index contributed by atoms with van der Waals surface area (Å²) < 4.78 is 5.16. The van der Waals surface area contributed by atoms with Crippen LogP contribution in [0, 0.1) is 13.8 Å². The summed E-state index contributed by atoms with van der Waals surface area (Å²) in [6, 6.07) is 12.5. The smallest absolute Gasteiger partial charge is 0.282 e. The van der Waals surface area contributed by atoms with E-state index in [4.69, 9.17) is 4.74 Å². The number of imide groups is 1. The predicted octanol–water partition coefficient (Wildman–Crippen LogP) is 2.52. The summed E-state index contributed by atoms with van der Waals surface area (Å²) >= 11 is 0. The van der Waals surface area contributed by atoms with Crippen molar-refractivity contribution < 1.29 is 19.4 Å². The van der Waals surface area contributed by atoms with Crippen LogP contribution >= 0.6 is 0 Å². The lowest BCUT2D eigenvalue weighted by atomic mass is 9.99. The molecule has 0 unspecified atom stereocenters. The highest BCUT2D eigenvalue weighted by Crippen LogP contribution is 2.35. The fraction of sp³-hybridized carbons (Fsp3) is 0.273. The number of aliphatic hydroxyl groups is 1. The molecule has 1 heterocycles. The minimum absolute atomic E-state index is 0.121. The first kappa shape index (κ1) is 19.6. The molecule has 2 amide bonds. The van der Waals surface area contributed by atoms with Gasteiger partial charge in [-0.05, 0) is 54.8 Å². The van der Waals surface area contributed by atoms with Crippen LogP contribution in [-0.4, -0.2) is 49.1 Å². The molecular formula is C22H24N2O4. The predicted molar refractivity (Wildman–Crippen MR) is 108 cm³/mol. The van der Waals surface area contributed by atoms with Gasteiger partial charge in [-0.2, -0.15) is 0 Å². The highest BCUT2D eigenvalue weighted by Gasteiger charge is 2.41. The van der Waals surface area contributed by atoms with E-state index in [0.717, 1.165) is 11.1 Å². The lowest BCUT2D eigenvalue weighted by molar-refractivity contribution is -0.120. The molecule has 28 heavy (non-hydrogen) atoms. The summed E-state index contributed by atoms with van der Waals surface area (Å²) in [5.41, 5.74) is 3.95. The van der Waals surface area contributed by atoms with Gasteiger partial charge < -0.3 is 14.7 Å². The number of aryl methyl sites for hydroxylation is 2. The third kappa shape index (κ3) is 3.39. The lowest BCUT2D eigenvalue weighted by Gasteiger charge is -2.20. The Hall–Kier alpha value is -3.12. The quantitative estimate of drug-likeness (QED) is 0.780. The zero-order chi connectivity index (χ0) is 20.4. The zero-order valence-electron chi connectivity index (χ0n) is 16.5. The molecule has 1 aliphatic rings. The van der Waals surface area contributed by atoms with Crippen molar-refractivity contribution in [1.82, 2.24) is 4.90 Å². The number of benzene rings is 2. The maximum Gasteiger partial charge on any atom is 0.282 e. The molecule has 0 aromatic heterocycles. The van der Waals surface area contributed by atoms with Gasteiger partial charge in [-0.25, -0.2) is 4.90 Å². The zero-order valence-corrected chi connectivity index (χ0v) is 16.5. The second-order valence-corrected chi connectivity index (χ2v) is 6.81. The summed E-state index contributed by atoms with van der Waals surface area (Å²) in [7, 11) is 3.26. The number of ether oxygens (including phenoxy) is 1. The van der Waals surface area contributed by atoms with Crippen molar-refractivity contribution in [2.45, 2.75) is 13.8 Å². The first-order valence-electron chi connectivity index (χ1n) is 9.05. The number of rotatable bonds is 6. The molecule has 0 fully saturated rings. The van der Waals surface area contributed by atoms with Gasteiger partial charge in [0.2, 0.25) is 0 Å². The Bertz CT molecular complexity index is 948. The van der Waals surface area contributed by atoms with Crippen molar-refractivity contribution >= 4 is 23.1 Å². The number of hydrogen-bond donors (Lipinski definition) is 1. The third-order valence-electron chi connectivity index (χ3n) is 5.00. The lowest BCUT2D eigenvalue weighted by Crippen LogP contribution is -2.34. The van der Waals surface area contributed by atoms with E-state index in [1.807, 2.05) is 32.0 Å². The Labute approximate surface area is 164 Å². The van der Waals surface area contributed by atoms with Crippen LogP contribution in [0.5, 0.6) is 5.75 Å². The van der Waals surface area contributed by atoms with Gasteiger partial charge in [0.15, 0.2) is 0 Å². The van der Waals surface area contributed by atoms with E-state index in [9.17, 15) is 14.7 Å². The highest BCUT2D eigenvalue weighted by molar-refractivity contribution is 6.45. The SMILES string of the molecule is COc1ccc(N2C(=O)C(c3ccc(C)c(C)c3)=C(N(C)CCO)C2=O)cc1. The first-order chi connectivity index (χ1) is 13.4. The van der Waals surface area contributed by atoms with Gasteiger partial charge in [0.1, 0.15) is 11.4 Å². The first-order valence-corrected chi connectivity index (χ1v) is 9.05. The molecule has 3 rings (SSSR count). The van der Waals surface area contributed by atoms with Crippen molar-refractivity contribution in [3.05, 3.63) is 64.9 Å². The largest absolute Gasteiger partial charge is 0.497 e. The molecular weight excluding hydrogens is 356 g/mol. The minimum Gasteiger partial charge on any atom is -0.497 e. The molecule has 6 nitrogen and oxygen atoms in total. The van der Waals surface area contributed by atoms with Gasteiger partial charge >= 0.3 is 0 Å². The maximum absolute atomic E-state index is 13.3. The van der Waals surface area contributed by atoms with Crippen LogP contribution in [0.1, 0.15) is 16.7 Å². The molecule has 0 spiro atoms. The molecule has 0 radical (unpaired) electrons. The van der Waals surface area contributed by atoms with Crippen molar-refractivity contribution in [3.63, 3.8) is 0 Å². The molecule has 2 aromatic carbocycles. The van der Waals surface area contributed by atoms with E-state index in [0.29, 0.717) is 22.6 Å². The molecule has 1 N–H and O–H groups in total. The monoisotopic (exact) mass is 380 g/mol. The molecule has 146 valence electrons. The number of likely N-dealkylation sites (N-methyl/N-ethyl adjacent to an activating group) is 1. The molecule has 0 atom stereocenters. The number of aliphatic hydroxyl groups excluding tert-OH is 1. The van der Waals surface area contributed by atoms with Crippen LogP contribution < -0.4 is 9.64 Å². The molecule has 0 aliphatic carbocycles. The van der Waals surface area contributed by atoms with Crippen LogP contribution in [0.3, 0.4) is 0 Å². The van der Waals surface area contributed by atoms with Gasteiger partial charge in [-0.3, -0.25) is 9.59 Å². The van der Waals surface area contributed by atoms with E-state index >= 15 is 0 Å². The van der Waals surface area contributed by atoms with E-state index in [2.05, 4.69) is 0 Å². The number of nitrogens with zero attached hydrogens (tertiary/aromatic N) is 2. The average Bonchev–Trinajstić information content (AvgIpc) is 2.94. The van der Waals surface area contributed by atoms with Gasteiger partial charge in [0.05, 0.1) is 25.0 Å². The number of methoxy groups -OCH3 is 1. The van der Waals surface area contributed by atoms with E-state index in [1.54, 1.807) is 43.3 Å². The summed E-state index contributed by atoms with van der Waals surface area (Å²) in [6.07, 6.45) is 0. The Morgan fingerprint density at radius 2 is 1.68 bits per heavy atom. The normalized spacial score (nSPS) is 14.1. The minimum atomic E-state index is -0.403. The molecule has 1 aliphatic heterocycles. The molecule has 6 heteroatoms. The molecule has 2 aromatic rings. The van der Waals surface area contributed by atoms with Crippen molar-refractivity contribution in [1.29, 1.82) is 0 Å². The van der Waals surface area contributed by atoms with Crippen molar-refractivity contribution in [3.8, 4) is 5.75 Å². The van der Waals surface area contributed by atoms with E-state index in [1.165, 1.54) is 4.90 Å². The number of carbonyl (C=O) groups excluding carboxylic acids is 2. The van der Waals surface area contributed by atoms with Gasteiger partial charge in [-0.15, -0.1) is 0 Å². The number of anilines is 1. The standard InChI is InChI=1S/C22H24N2O4/c1-14-5-6-16(13-15(14)2)19-20(23(3)11-12-25)22(27)24(21(19)26)17-7-9-18(28-4)10-8-17/h5-10,13,25H,11-12H2,1-4H3. The summed E-state index contributed by atoms with van der Waals surface area (Å²) in [6.45, 7) is 4.10. The second kappa shape index (κ2) is 7.86. The molecule has 0 bridgehead atoms. The third-order valence-corrected chi connectivity index (χ3v) is 5.00. The highest BCUT2D eigenvalue weighted by atomic mass is 16.5. The second-order valence-electron chi connectivity index (χ2n) is 6.81. The maximum atomic E-state index is 13.3. The number of amides is 2. The fourth-order valence-corrected chi connectivity index (χ4v) is 3.26. The van der Waals surface area contributed by atoms with Crippen molar-refractivity contribution in [2.24, 2.45) is 0 Å². The number of hydrogen-bond acceptors (Lipinski definition) is 5. The Morgan fingerprint density at radius 3 is 2.25 bits per heavy atom. The fourth-order valence-electron chi connectivity index (χ4n) is 3.26. The summed E-state index contributed by atoms with van der Waals surface area (Å²) in [5.74, 6) is -0.139. The van der Waals surface area contributed by atoms with Crippen LogP contribution in [0.4, 0.5) is 5.69 Å². The van der Waals surface area contributed by atoms with Crippen LogP contribution in [0.15, 0.2) is 48.2 Å². The van der Waals surface area contributed by atoms with Crippen molar-refractivity contribution in [2.75, 3.05) is 32.2 Å². The van der Waals surface area contributed by atoms with E-state index < -0.39 is 5.91 Å². The topological polar surface area (TPSA) is 70.1 Å². The van der Waals surface area contributed by atoms with Gasteiger partial charge in [0, 0.05) is 13.6 Å². The van der Waals surface area contributed by atoms with Crippen LogP contribution in [0.25, 0.3) is 5.57 Å². The molecule has 0 saturated heterocycles. The van der Waals surface area contributed by atoms with Gasteiger partial charge in [0.25, 0.3) is 11.8 Å². The van der Waals surface area contributed by atoms with E-state index in [-0.39, 0.29) is 24.8 Å². The number of carbonyl (C=O) groups is 2. The summed E-state index contributed by atoms with van der Waals surface area (Å²) in [4.78, 5) is 29.3. The van der Waals surface area contributed by atoms with Crippen LogP contribution in [0.2, 0.25) is 0 Å². The Kier molecular flexibility index (Phi) is 5.51. The van der Waals surface area contributed by atoms with Crippen LogP contribution in [-0.2, 0) is 9.59 Å². The molecule has 0 saturated carbocycles.